The van der Waals surface area contributed by atoms with Crippen LogP contribution in [0.15, 0.2) is 47.4 Å². The number of carbonyl (C=O) groups excluding carboxylic acids is 1. The van der Waals surface area contributed by atoms with Gasteiger partial charge in [-0.15, -0.1) is 6.42 Å². The van der Waals surface area contributed by atoms with E-state index < -0.39 is 31.3 Å². The van der Waals surface area contributed by atoms with Crippen molar-refractivity contribution in [3.8, 4) is 18.1 Å². The number of sulfone groups is 1. The molecule has 0 aliphatic rings. The number of hydrogen-bond acceptors (Lipinski definition) is 6. The van der Waals surface area contributed by atoms with Crippen molar-refractivity contribution in [2.75, 3.05) is 19.4 Å². The van der Waals surface area contributed by atoms with E-state index in [0.29, 0.717) is 18.7 Å². The van der Waals surface area contributed by atoms with Crippen molar-refractivity contribution in [2.45, 2.75) is 11.3 Å². The van der Waals surface area contributed by atoms with Gasteiger partial charge in [-0.3, -0.25) is 14.9 Å². The van der Waals surface area contributed by atoms with E-state index in [0.717, 1.165) is 24.0 Å². The molecule has 2 aromatic rings. The number of ether oxygens (including phenoxy) is 1. The zero-order valence-corrected chi connectivity index (χ0v) is 15.9. The third kappa shape index (κ3) is 5.56. The number of hydrogen-bond donors (Lipinski definition) is 1. The van der Waals surface area contributed by atoms with Gasteiger partial charge in [-0.1, -0.05) is 18.1 Å². The summed E-state index contributed by atoms with van der Waals surface area (Å²) in [5, 5.41) is 13.8. The highest BCUT2D eigenvalue weighted by molar-refractivity contribution is 7.90. The number of nitrogens with zero attached hydrogens (tertiary/aromatic N) is 1. The average molecular weight is 402 g/mol. The molecule has 1 N–H and O–H groups in total. The maximum absolute atomic E-state index is 12.2. The van der Waals surface area contributed by atoms with Gasteiger partial charge in [0, 0.05) is 24.4 Å². The summed E-state index contributed by atoms with van der Waals surface area (Å²) in [6.45, 7) is 0.477. The lowest BCUT2D eigenvalue weighted by Crippen LogP contribution is -2.25. The molecular weight excluding hydrogens is 384 g/mol. The maximum atomic E-state index is 12.2. The number of amides is 1. The molecule has 0 radical (unpaired) electrons. The van der Waals surface area contributed by atoms with E-state index in [2.05, 4.69) is 11.2 Å². The van der Waals surface area contributed by atoms with E-state index in [4.69, 9.17) is 11.2 Å². The van der Waals surface area contributed by atoms with Gasteiger partial charge in [0.2, 0.25) is 0 Å². The SMILES string of the molecule is C#CCOc1ccc(CCNC(=O)c2ccc(S(C)(=O)=O)c([N+](=O)[O-])c2)cc1. The van der Waals surface area contributed by atoms with Crippen molar-refractivity contribution in [1.82, 2.24) is 5.32 Å². The van der Waals surface area contributed by atoms with Crippen LogP contribution in [0.5, 0.6) is 5.75 Å². The largest absolute Gasteiger partial charge is 0.481 e. The van der Waals surface area contributed by atoms with Gasteiger partial charge in [0.1, 0.15) is 17.3 Å². The average Bonchev–Trinajstić information content (AvgIpc) is 2.66. The van der Waals surface area contributed by atoms with Crippen LogP contribution in [0, 0.1) is 22.5 Å². The molecular formula is C19H18N2O6S. The monoisotopic (exact) mass is 402 g/mol. The van der Waals surface area contributed by atoms with Crippen LogP contribution in [-0.4, -0.2) is 38.7 Å². The Bertz CT molecular complexity index is 1020. The molecule has 2 aromatic carbocycles. The van der Waals surface area contributed by atoms with E-state index >= 15 is 0 Å². The second-order valence-electron chi connectivity index (χ2n) is 5.85. The first-order chi connectivity index (χ1) is 13.2. The molecule has 0 unspecified atom stereocenters. The topological polar surface area (TPSA) is 116 Å². The van der Waals surface area contributed by atoms with E-state index in [1.807, 2.05) is 12.1 Å². The lowest BCUT2D eigenvalue weighted by Gasteiger charge is -2.08. The summed E-state index contributed by atoms with van der Waals surface area (Å²) >= 11 is 0. The van der Waals surface area contributed by atoms with Crippen LogP contribution >= 0.6 is 0 Å². The lowest BCUT2D eigenvalue weighted by molar-refractivity contribution is -0.387. The van der Waals surface area contributed by atoms with Crippen molar-refractivity contribution in [1.29, 1.82) is 0 Å². The van der Waals surface area contributed by atoms with Gasteiger partial charge in [-0.05, 0) is 36.2 Å². The van der Waals surface area contributed by atoms with Crippen molar-refractivity contribution < 1.29 is 22.9 Å². The van der Waals surface area contributed by atoms with Crippen molar-refractivity contribution >= 4 is 21.4 Å². The summed E-state index contributed by atoms with van der Waals surface area (Å²) in [7, 11) is -3.78. The molecule has 2 rings (SSSR count). The molecule has 0 spiro atoms. The molecule has 9 heteroatoms. The van der Waals surface area contributed by atoms with Crippen molar-refractivity contribution in [3.05, 3.63) is 63.7 Å². The van der Waals surface area contributed by atoms with Crippen molar-refractivity contribution in [3.63, 3.8) is 0 Å². The highest BCUT2D eigenvalue weighted by Crippen LogP contribution is 2.25. The number of rotatable bonds is 8. The van der Waals surface area contributed by atoms with Crippen LogP contribution < -0.4 is 10.1 Å². The summed E-state index contributed by atoms with van der Waals surface area (Å²) in [5.41, 5.74) is 0.335. The molecule has 0 aromatic heterocycles. The molecule has 0 saturated heterocycles. The third-order valence-electron chi connectivity index (χ3n) is 3.76. The molecule has 0 bridgehead atoms. The van der Waals surface area contributed by atoms with E-state index in [9.17, 15) is 23.3 Å². The molecule has 28 heavy (non-hydrogen) atoms. The minimum Gasteiger partial charge on any atom is -0.481 e. The van der Waals surface area contributed by atoms with Crippen LogP contribution in [0.2, 0.25) is 0 Å². The highest BCUT2D eigenvalue weighted by atomic mass is 32.2. The third-order valence-corrected chi connectivity index (χ3v) is 4.91. The number of nitrogens with one attached hydrogen (secondary N) is 1. The Morgan fingerprint density at radius 1 is 1.25 bits per heavy atom. The van der Waals surface area contributed by atoms with Gasteiger partial charge in [0.15, 0.2) is 9.84 Å². The number of nitro benzene ring substituents is 1. The summed E-state index contributed by atoms with van der Waals surface area (Å²) in [6.07, 6.45) is 6.53. The Morgan fingerprint density at radius 2 is 1.93 bits per heavy atom. The molecule has 0 atom stereocenters. The van der Waals surface area contributed by atoms with E-state index in [1.165, 1.54) is 6.07 Å². The summed E-state index contributed by atoms with van der Waals surface area (Å²) in [5.74, 6) is 2.48. The number of benzene rings is 2. The lowest BCUT2D eigenvalue weighted by atomic mass is 10.1. The predicted octanol–water partition coefficient (Wildman–Crippen LogP) is 1.98. The smallest absolute Gasteiger partial charge is 0.288 e. The molecule has 0 heterocycles. The quantitative estimate of drug-likeness (QED) is 0.410. The Hall–Kier alpha value is -3.38. The second-order valence-corrected chi connectivity index (χ2v) is 7.84. The van der Waals surface area contributed by atoms with Crippen LogP contribution in [0.25, 0.3) is 0 Å². The molecule has 0 aliphatic heterocycles. The van der Waals surface area contributed by atoms with Gasteiger partial charge in [-0.2, -0.15) is 0 Å². The summed E-state index contributed by atoms with van der Waals surface area (Å²) in [4.78, 5) is 22.1. The fraction of sp³-hybridized carbons (Fsp3) is 0.211. The normalized spacial score (nSPS) is 10.7. The first-order valence-corrected chi connectivity index (χ1v) is 10.0. The molecule has 146 valence electrons. The number of carbonyl (C=O) groups is 1. The Morgan fingerprint density at radius 3 is 2.50 bits per heavy atom. The van der Waals surface area contributed by atoms with Gasteiger partial charge in [0.25, 0.3) is 11.6 Å². The zero-order chi connectivity index (χ0) is 20.7. The molecule has 1 amide bonds. The molecule has 0 fully saturated rings. The van der Waals surface area contributed by atoms with E-state index in [-0.39, 0.29) is 12.2 Å². The van der Waals surface area contributed by atoms with Crippen LogP contribution in [0.4, 0.5) is 5.69 Å². The second kappa shape index (κ2) is 9.01. The van der Waals surface area contributed by atoms with Gasteiger partial charge < -0.3 is 10.1 Å². The van der Waals surface area contributed by atoms with Crippen LogP contribution in [-0.2, 0) is 16.3 Å². The fourth-order valence-electron chi connectivity index (χ4n) is 2.41. The summed E-state index contributed by atoms with van der Waals surface area (Å²) in [6, 6.07) is 10.5. The number of terminal acetylenes is 1. The van der Waals surface area contributed by atoms with Gasteiger partial charge >= 0.3 is 0 Å². The van der Waals surface area contributed by atoms with Gasteiger partial charge in [-0.25, -0.2) is 8.42 Å². The summed E-state index contributed by atoms with van der Waals surface area (Å²) < 4.78 is 28.5. The van der Waals surface area contributed by atoms with E-state index in [1.54, 1.807) is 12.1 Å². The fourth-order valence-corrected chi connectivity index (χ4v) is 3.24. The number of nitro groups is 1. The van der Waals surface area contributed by atoms with Gasteiger partial charge in [0.05, 0.1) is 4.92 Å². The Labute approximate surface area is 162 Å². The minimum atomic E-state index is -3.78. The zero-order valence-electron chi connectivity index (χ0n) is 15.0. The highest BCUT2D eigenvalue weighted by Gasteiger charge is 2.23. The molecule has 0 saturated carbocycles. The maximum Gasteiger partial charge on any atom is 0.288 e. The first-order valence-electron chi connectivity index (χ1n) is 8.14. The Balaban J connectivity index is 2.00. The molecule has 8 nitrogen and oxygen atoms in total. The predicted molar refractivity (Wildman–Crippen MR) is 103 cm³/mol. The van der Waals surface area contributed by atoms with Crippen LogP contribution in [0.1, 0.15) is 15.9 Å². The first kappa shape index (κ1) is 20.9. The Kier molecular flexibility index (Phi) is 6.74. The molecule has 0 aliphatic carbocycles. The standard InChI is InChI=1S/C19H18N2O6S/c1-3-12-27-16-7-4-14(5-8-16)10-11-20-19(22)15-6-9-18(28(2,25)26)17(13-15)21(23)24/h1,4-9,13H,10-12H2,2H3,(H,20,22). The van der Waals surface area contributed by atoms with Crippen LogP contribution in [0.3, 0.4) is 0 Å². The minimum absolute atomic E-state index is 0.0112. The van der Waals surface area contributed by atoms with Crippen molar-refractivity contribution in [2.24, 2.45) is 0 Å².